The first-order valence-corrected chi connectivity index (χ1v) is 5.88. The number of hydrogen-bond acceptors (Lipinski definition) is 3. The van der Waals surface area contributed by atoms with E-state index in [1.807, 2.05) is 0 Å². The molecule has 3 N–H and O–H groups in total. The number of anilines is 1. The van der Waals surface area contributed by atoms with E-state index in [1.54, 1.807) is 26.0 Å². The fourth-order valence-electron chi connectivity index (χ4n) is 1.83. The monoisotopic (exact) mass is 262 g/mol. The Morgan fingerprint density at radius 1 is 1.37 bits per heavy atom. The van der Waals surface area contributed by atoms with E-state index in [4.69, 9.17) is 10.2 Å². The molecule has 2 rings (SSSR count). The van der Waals surface area contributed by atoms with Gasteiger partial charge in [-0.05, 0) is 37.6 Å². The lowest BCUT2D eigenvalue weighted by Gasteiger charge is -2.07. The standard InChI is InChI=1S/C14H15FN2O2/c1-8-5-11(9(2)19-8)14(18)17-13-4-3-10(7-16)6-12(13)15/h3-6H,7,16H2,1-2H3,(H,17,18). The minimum absolute atomic E-state index is 0.125. The van der Waals surface area contributed by atoms with Crippen LogP contribution in [0.25, 0.3) is 0 Å². The number of carbonyl (C=O) groups is 1. The van der Waals surface area contributed by atoms with Crippen LogP contribution in [-0.2, 0) is 6.54 Å². The van der Waals surface area contributed by atoms with Gasteiger partial charge in [0.1, 0.15) is 17.3 Å². The van der Waals surface area contributed by atoms with Crippen LogP contribution in [0.15, 0.2) is 28.7 Å². The molecule has 0 aliphatic carbocycles. The highest BCUT2D eigenvalue weighted by Crippen LogP contribution is 2.19. The number of halogens is 1. The Kier molecular flexibility index (Phi) is 3.66. The molecule has 19 heavy (non-hydrogen) atoms. The molecule has 4 nitrogen and oxygen atoms in total. The number of furan rings is 1. The van der Waals surface area contributed by atoms with Crippen molar-refractivity contribution in [3.05, 3.63) is 52.7 Å². The third kappa shape index (κ3) is 2.82. The van der Waals surface area contributed by atoms with Crippen LogP contribution in [0.5, 0.6) is 0 Å². The largest absolute Gasteiger partial charge is 0.466 e. The lowest BCUT2D eigenvalue weighted by molar-refractivity contribution is 0.102. The zero-order valence-corrected chi connectivity index (χ0v) is 10.8. The molecule has 0 spiro atoms. The van der Waals surface area contributed by atoms with E-state index in [1.165, 1.54) is 12.1 Å². The SMILES string of the molecule is Cc1cc(C(=O)Nc2ccc(CN)cc2F)c(C)o1. The van der Waals surface area contributed by atoms with Crippen molar-refractivity contribution in [1.29, 1.82) is 0 Å². The molecule has 100 valence electrons. The van der Waals surface area contributed by atoms with E-state index in [9.17, 15) is 9.18 Å². The molecular formula is C14H15FN2O2. The summed E-state index contributed by atoms with van der Waals surface area (Å²) in [7, 11) is 0. The summed E-state index contributed by atoms with van der Waals surface area (Å²) in [6.07, 6.45) is 0. The quantitative estimate of drug-likeness (QED) is 0.893. The summed E-state index contributed by atoms with van der Waals surface area (Å²) >= 11 is 0. The minimum Gasteiger partial charge on any atom is -0.466 e. The predicted molar refractivity (Wildman–Crippen MR) is 70.4 cm³/mol. The van der Waals surface area contributed by atoms with Gasteiger partial charge < -0.3 is 15.5 Å². The van der Waals surface area contributed by atoms with E-state index < -0.39 is 11.7 Å². The third-order valence-electron chi connectivity index (χ3n) is 2.80. The molecule has 1 aromatic carbocycles. The molecule has 0 unspecified atom stereocenters. The minimum atomic E-state index is -0.505. The molecule has 2 aromatic rings. The second kappa shape index (κ2) is 5.24. The average Bonchev–Trinajstić information content (AvgIpc) is 2.71. The fraction of sp³-hybridized carbons (Fsp3) is 0.214. The van der Waals surface area contributed by atoms with Crippen molar-refractivity contribution in [2.24, 2.45) is 5.73 Å². The van der Waals surface area contributed by atoms with Crippen molar-refractivity contribution in [2.45, 2.75) is 20.4 Å². The van der Waals surface area contributed by atoms with Gasteiger partial charge >= 0.3 is 0 Å². The Morgan fingerprint density at radius 2 is 2.11 bits per heavy atom. The number of carbonyl (C=O) groups excluding carboxylic acids is 1. The van der Waals surface area contributed by atoms with Gasteiger partial charge in [0, 0.05) is 6.54 Å². The molecule has 0 atom stereocenters. The molecule has 1 aromatic heterocycles. The number of amides is 1. The Balaban J connectivity index is 2.22. The first-order valence-electron chi connectivity index (χ1n) is 5.88. The summed E-state index contributed by atoms with van der Waals surface area (Å²) in [5.74, 6) is 0.249. The fourth-order valence-corrected chi connectivity index (χ4v) is 1.83. The highest BCUT2D eigenvalue weighted by molar-refractivity contribution is 6.05. The van der Waals surface area contributed by atoms with Crippen LogP contribution in [0.1, 0.15) is 27.4 Å². The zero-order chi connectivity index (χ0) is 14.0. The van der Waals surface area contributed by atoms with Crippen LogP contribution in [-0.4, -0.2) is 5.91 Å². The normalized spacial score (nSPS) is 10.5. The van der Waals surface area contributed by atoms with Gasteiger partial charge in [0.05, 0.1) is 11.3 Å². The number of nitrogens with two attached hydrogens (primary N) is 1. The van der Waals surface area contributed by atoms with Crippen molar-refractivity contribution in [3.63, 3.8) is 0 Å². The second-order valence-corrected chi connectivity index (χ2v) is 4.30. The topological polar surface area (TPSA) is 68.3 Å². The summed E-state index contributed by atoms with van der Waals surface area (Å²) in [5, 5.41) is 2.52. The maximum atomic E-state index is 13.7. The smallest absolute Gasteiger partial charge is 0.259 e. The van der Waals surface area contributed by atoms with Gasteiger partial charge in [0.2, 0.25) is 0 Å². The van der Waals surface area contributed by atoms with Crippen molar-refractivity contribution < 1.29 is 13.6 Å². The first kappa shape index (κ1) is 13.3. The summed E-state index contributed by atoms with van der Waals surface area (Å²) in [4.78, 5) is 12.0. The van der Waals surface area contributed by atoms with Gasteiger partial charge in [-0.1, -0.05) is 6.07 Å². The number of nitrogens with one attached hydrogen (secondary N) is 1. The molecule has 0 saturated heterocycles. The Labute approximate surface area is 110 Å². The van der Waals surface area contributed by atoms with Gasteiger partial charge in [-0.15, -0.1) is 0 Å². The number of hydrogen-bond donors (Lipinski definition) is 2. The number of benzene rings is 1. The molecule has 5 heteroatoms. The van der Waals surface area contributed by atoms with Crippen molar-refractivity contribution >= 4 is 11.6 Å². The zero-order valence-electron chi connectivity index (χ0n) is 10.8. The Morgan fingerprint density at radius 3 is 2.63 bits per heavy atom. The molecule has 1 amide bonds. The van der Waals surface area contributed by atoms with Gasteiger partial charge in [0.15, 0.2) is 0 Å². The van der Waals surface area contributed by atoms with Crippen LogP contribution in [0, 0.1) is 19.7 Å². The molecule has 0 radical (unpaired) electrons. The molecule has 0 saturated carbocycles. The summed E-state index contributed by atoms with van der Waals surface area (Å²) in [5.41, 5.74) is 6.62. The predicted octanol–water partition coefficient (Wildman–Crippen LogP) is 2.75. The van der Waals surface area contributed by atoms with Gasteiger partial charge in [-0.25, -0.2) is 4.39 Å². The van der Waals surface area contributed by atoms with E-state index in [0.29, 0.717) is 22.6 Å². The maximum absolute atomic E-state index is 13.7. The van der Waals surface area contributed by atoms with Gasteiger partial charge in [-0.3, -0.25) is 4.79 Å². The third-order valence-corrected chi connectivity index (χ3v) is 2.80. The van der Waals surface area contributed by atoms with Crippen LogP contribution < -0.4 is 11.1 Å². The molecule has 1 heterocycles. The Hall–Kier alpha value is -2.14. The molecular weight excluding hydrogens is 247 g/mol. The maximum Gasteiger partial charge on any atom is 0.259 e. The van der Waals surface area contributed by atoms with Crippen LogP contribution in [0.2, 0.25) is 0 Å². The van der Waals surface area contributed by atoms with Crippen molar-refractivity contribution in [3.8, 4) is 0 Å². The first-order chi connectivity index (χ1) is 9.01. The molecule has 0 bridgehead atoms. The number of rotatable bonds is 3. The van der Waals surface area contributed by atoms with E-state index in [2.05, 4.69) is 5.32 Å². The summed E-state index contributed by atoms with van der Waals surface area (Å²) in [6, 6.07) is 6.10. The van der Waals surface area contributed by atoms with Crippen LogP contribution >= 0.6 is 0 Å². The second-order valence-electron chi connectivity index (χ2n) is 4.30. The average molecular weight is 262 g/mol. The highest BCUT2D eigenvalue weighted by atomic mass is 19.1. The van der Waals surface area contributed by atoms with Gasteiger partial charge in [-0.2, -0.15) is 0 Å². The Bertz CT molecular complexity index is 620. The van der Waals surface area contributed by atoms with E-state index in [0.717, 1.165) is 0 Å². The molecule has 0 fully saturated rings. The lowest BCUT2D eigenvalue weighted by atomic mass is 10.2. The van der Waals surface area contributed by atoms with E-state index >= 15 is 0 Å². The lowest BCUT2D eigenvalue weighted by Crippen LogP contribution is -2.13. The molecule has 0 aliphatic rings. The van der Waals surface area contributed by atoms with Crippen LogP contribution in [0.4, 0.5) is 10.1 Å². The number of aryl methyl sites for hydroxylation is 2. The highest BCUT2D eigenvalue weighted by Gasteiger charge is 2.15. The molecule has 0 aliphatic heterocycles. The summed E-state index contributed by atoms with van der Waals surface area (Å²) < 4.78 is 19.0. The van der Waals surface area contributed by atoms with Gasteiger partial charge in [0.25, 0.3) is 5.91 Å². The van der Waals surface area contributed by atoms with Crippen molar-refractivity contribution in [2.75, 3.05) is 5.32 Å². The summed E-state index contributed by atoms with van der Waals surface area (Å²) in [6.45, 7) is 3.70. The van der Waals surface area contributed by atoms with Crippen molar-refractivity contribution in [1.82, 2.24) is 0 Å². The van der Waals surface area contributed by atoms with Crippen LogP contribution in [0.3, 0.4) is 0 Å². The van der Waals surface area contributed by atoms with E-state index in [-0.39, 0.29) is 12.2 Å².